The smallest absolute Gasteiger partial charge is 0.275 e. The first-order valence-electron chi connectivity index (χ1n) is 8.00. The molecule has 0 aliphatic carbocycles. The van der Waals surface area contributed by atoms with E-state index < -0.39 is 10.0 Å². The Hall–Kier alpha value is -3.15. The van der Waals surface area contributed by atoms with Crippen LogP contribution in [0.4, 0.5) is 5.69 Å². The molecule has 0 bridgehead atoms. The lowest BCUT2D eigenvalue weighted by atomic mass is 10.0. The predicted octanol–water partition coefficient (Wildman–Crippen LogP) is 2.29. The second-order valence-corrected chi connectivity index (χ2v) is 8.64. The van der Waals surface area contributed by atoms with Gasteiger partial charge in [0.15, 0.2) is 0 Å². The number of primary sulfonamides is 1. The van der Waals surface area contributed by atoms with E-state index in [9.17, 15) is 13.2 Å². The van der Waals surface area contributed by atoms with Crippen molar-refractivity contribution in [1.82, 2.24) is 20.2 Å². The SMILES string of the molecule is Cc1nc(C(=O)Nc2cc(-c3cncc(S(N)(=O)=O)c3)cc3[nH]ncc23)cs1. The predicted molar refractivity (Wildman–Crippen MR) is 106 cm³/mol. The molecule has 0 radical (unpaired) electrons. The van der Waals surface area contributed by atoms with Crippen molar-refractivity contribution in [2.24, 2.45) is 5.14 Å². The third-order valence-electron chi connectivity index (χ3n) is 4.03. The van der Waals surface area contributed by atoms with Crippen LogP contribution >= 0.6 is 11.3 Å². The molecule has 0 fully saturated rings. The van der Waals surface area contributed by atoms with Crippen LogP contribution in [0.25, 0.3) is 22.0 Å². The molecule has 4 N–H and O–H groups in total. The monoisotopic (exact) mass is 414 g/mol. The summed E-state index contributed by atoms with van der Waals surface area (Å²) in [6.07, 6.45) is 4.29. The summed E-state index contributed by atoms with van der Waals surface area (Å²) in [5, 5.41) is 18.1. The molecule has 0 aliphatic rings. The van der Waals surface area contributed by atoms with E-state index in [1.54, 1.807) is 23.7 Å². The van der Waals surface area contributed by atoms with Crippen molar-refractivity contribution < 1.29 is 13.2 Å². The standard InChI is InChI=1S/C17H14N6O3S2/c1-9-21-16(8-27-9)17(24)22-14-3-10(4-15-13(14)7-20-23-15)11-2-12(6-19-5-11)28(18,25)26/h2-8H,1H3,(H,20,23)(H,22,24)(H2,18,25,26). The quantitative estimate of drug-likeness (QED) is 0.467. The number of pyridine rings is 1. The summed E-state index contributed by atoms with van der Waals surface area (Å²) in [5.41, 5.74) is 2.67. The maximum atomic E-state index is 12.5. The van der Waals surface area contributed by atoms with Crippen LogP contribution in [0, 0.1) is 6.92 Å². The van der Waals surface area contributed by atoms with Crippen LogP contribution in [-0.2, 0) is 10.0 Å². The first kappa shape index (κ1) is 18.2. The van der Waals surface area contributed by atoms with E-state index in [1.165, 1.54) is 29.8 Å². The number of carbonyl (C=O) groups excluding carboxylic acids is 1. The molecule has 0 saturated carbocycles. The van der Waals surface area contributed by atoms with Crippen molar-refractivity contribution in [3.8, 4) is 11.1 Å². The number of H-pyrrole nitrogens is 1. The van der Waals surface area contributed by atoms with Crippen molar-refractivity contribution in [2.45, 2.75) is 11.8 Å². The highest BCUT2D eigenvalue weighted by molar-refractivity contribution is 7.89. The molecule has 0 atom stereocenters. The van der Waals surface area contributed by atoms with Crippen LogP contribution in [0.1, 0.15) is 15.5 Å². The average Bonchev–Trinajstić information content (AvgIpc) is 3.30. The average molecular weight is 414 g/mol. The minimum Gasteiger partial charge on any atom is -0.320 e. The number of amides is 1. The molecule has 0 aliphatic heterocycles. The molecule has 28 heavy (non-hydrogen) atoms. The Kier molecular flexibility index (Phi) is 4.41. The Morgan fingerprint density at radius 1 is 1.18 bits per heavy atom. The number of anilines is 1. The Balaban J connectivity index is 1.78. The summed E-state index contributed by atoms with van der Waals surface area (Å²) in [4.78, 5) is 20.6. The van der Waals surface area contributed by atoms with E-state index >= 15 is 0 Å². The molecule has 4 aromatic rings. The number of nitrogens with one attached hydrogen (secondary N) is 2. The molecule has 1 amide bonds. The number of aryl methyl sites for hydroxylation is 1. The summed E-state index contributed by atoms with van der Waals surface area (Å²) in [6.45, 7) is 1.82. The van der Waals surface area contributed by atoms with Gasteiger partial charge in [-0.3, -0.25) is 14.9 Å². The van der Waals surface area contributed by atoms with E-state index in [-0.39, 0.29) is 10.8 Å². The van der Waals surface area contributed by atoms with Crippen molar-refractivity contribution in [2.75, 3.05) is 5.32 Å². The third kappa shape index (κ3) is 3.50. The van der Waals surface area contributed by atoms with Gasteiger partial charge in [0.25, 0.3) is 5.91 Å². The Morgan fingerprint density at radius 2 is 2.00 bits per heavy atom. The van der Waals surface area contributed by atoms with Crippen LogP contribution < -0.4 is 10.5 Å². The van der Waals surface area contributed by atoms with Crippen LogP contribution in [0.5, 0.6) is 0 Å². The number of hydrogen-bond donors (Lipinski definition) is 3. The van der Waals surface area contributed by atoms with Crippen LogP contribution in [-0.4, -0.2) is 34.5 Å². The minimum atomic E-state index is -3.89. The highest BCUT2D eigenvalue weighted by atomic mass is 32.2. The number of carbonyl (C=O) groups is 1. The summed E-state index contributed by atoms with van der Waals surface area (Å²) in [5.74, 6) is -0.347. The summed E-state index contributed by atoms with van der Waals surface area (Å²) < 4.78 is 23.2. The third-order valence-corrected chi connectivity index (χ3v) is 5.69. The fourth-order valence-corrected chi connectivity index (χ4v) is 3.80. The first-order valence-corrected chi connectivity index (χ1v) is 10.4. The van der Waals surface area contributed by atoms with Gasteiger partial charge in [-0.25, -0.2) is 18.5 Å². The van der Waals surface area contributed by atoms with Crippen molar-refractivity contribution in [1.29, 1.82) is 0 Å². The first-order chi connectivity index (χ1) is 13.3. The van der Waals surface area contributed by atoms with Crippen LogP contribution in [0.2, 0.25) is 0 Å². The Morgan fingerprint density at radius 3 is 2.71 bits per heavy atom. The number of rotatable bonds is 4. The zero-order valence-electron chi connectivity index (χ0n) is 14.5. The van der Waals surface area contributed by atoms with Gasteiger partial charge in [-0.2, -0.15) is 5.10 Å². The van der Waals surface area contributed by atoms with Gasteiger partial charge in [0.05, 0.1) is 22.4 Å². The molecule has 9 nitrogen and oxygen atoms in total. The topological polar surface area (TPSA) is 144 Å². The lowest BCUT2D eigenvalue weighted by Gasteiger charge is -2.09. The zero-order chi connectivity index (χ0) is 19.9. The molecule has 3 heterocycles. The highest BCUT2D eigenvalue weighted by Crippen LogP contribution is 2.31. The normalized spacial score (nSPS) is 11.6. The van der Waals surface area contributed by atoms with E-state index in [0.717, 1.165) is 5.01 Å². The summed E-state index contributed by atoms with van der Waals surface area (Å²) in [6, 6.07) is 4.93. The summed E-state index contributed by atoms with van der Waals surface area (Å²) >= 11 is 1.39. The van der Waals surface area contributed by atoms with Crippen molar-refractivity contribution in [3.63, 3.8) is 0 Å². The van der Waals surface area contributed by atoms with Crippen LogP contribution in [0.15, 0.2) is 47.1 Å². The minimum absolute atomic E-state index is 0.0989. The number of hydrogen-bond acceptors (Lipinski definition) is 7. The van der Waals surface area contributed by atoms with E-state index in [4.69, 9.17) is 5.14 Å². The van der Waals surface area contributed by atoms with Gasteiger partial charge >= 0.3 is 0 Å². The maximum Gasteiger partial charge on any atom is 0.275 e. The molecule has 1 aromatic carbocycles. The fourth-order valence-electron chi connectivity index (χ4n) is 2.71. The number of thiazole rings is 1. The highest BCUT2D eigenvalue weighted by Gasteiger charge is 2.15. The Labute approximate surface area is 163 Å². The lowest BCUT2D eigenvalue weighted by molar-refractivity contribution is 0.102. The van der Waals surface area contributed by atoms with E-state index in [0.29, 0.717) is 33.4 Å². The molecule has 0 saturated heterocycles. The number of aromatic amines is 1. The van der Waals surface area contributed by atoms with Crippen molar-refractivity contribution in [3.05, 3.63) is 52.9 Å². The van der Waals surface area contributed by atoms with Gasteiger partial charge in [-0.1, -0.05) is 0 Å². The number of benzene rings is 1. The molecular formula is C17H14N6O3S2. The molecule has 0 unspecified atom stereocenters. The largest absolute Gasteiger partial charge is 0.320 e. The second-order valence-electron chi connectivity index (χ2n) is 6.02. The fraction of sp³-hybridized carbons (Fsp3) is 0.0588. The molecule has 11 heteroatoms. The zero-order valence-corrected chi connectivity index (χ0v) is 16.1. The number of nitrogens with zero attached hydrogens (tertiary/aromatic N) is 3. The van der Waals surface area contributed by atoms with Crippen LogP contribution in [0.3, 0.4) is 0 Å². The molecule has 0 spiro atoms. The van der Waals surface area contributed by atoms with E-state index in [2.05, 4.69) is 25.5 Å². The van der Waals surface area contributed by atoms with E-state index in [1.807, 2.05) is 6.92 Å². The number of fused-ring (bicyclic) bond motifs is 1. The van der Waals surface area contributed by atoms with Gasteiger partial charge in [0.1, 0.15) is 10.6 Å². The molecule has 142 valence electrons. The number of sulfonamides is 1. The molecule has 3 aromatic heterocycles. The van der Waals surface area contributed by atoms with Gasteiger partial charge in [-0.05, 0) is 30.7 Å². The van der Waals surface area contributed by atoms with Gasteiger partial charge in [0, 0.05) is 28.7 Å². The van der Waals surface area contributed by atoms with Gasteiger partial charge in [0.2, 0.25) is 10.0 Å². The van der Waals surface area contributed by atoms with Gasteiger partial charge in [-0.15, -0.1) is 11.3 Å². The number of nitrogens with two attached hydrogens (primary N) is 1. The summed E-state index contributed by atoms with van der Waals surface area (Å²) in [7, 11) is -3.89. The molecular weight excluding hydrogens is 400 g/mol. The maximum absolute atomic E-state index is 12.5. The van der Waals surface area contributed by atoms with Crippen molar-refractivity contribution >= 4 is 43.9 Å². The lowest BCUT2D eigenvalue weighted by Crippen LogP contribution is -2.13. The Bertz CT molecular complexity index is 1310. The molecule has 4 rings (SSSR count). The number of aromatic nitrogens is 4. The van der Waals surface area contributed by atoms with Gasteiger partial charge < -0.3 is 5.32 Å². The second kappa shape index (κ2) is 6.78.